The van der Waals surface area contributed by atoms with E-state index in [0.717, 1.165) is 37.8 Å². The average molecular weight is 475 g/mol. The molecular weight excluding hydrogens is 450 g/mol. The summed E-state index contributed by atoms with van der Waals surface area (Å²) < 4.78 is 0. The number of rotatable bonds is 3. The van der Waals surface area contributed by atoms with Gasteiger partial charge >= 0.3 is 18.9 Å². The van der Waals surface area contributed by atoms with Crippen molar-refractivity contribution in [2.75, 3.05) is 0 Å². The number of thiazole rings is 2. The maximum atomic E-state index is 9.69. The van der Waals surface area contributed by atoms with E-state index >= 15 is 0 Å². The zero-order valence-corrected chi connectivity index (χ0v) is 19.1. The van der Waals surface area contributed by atoms with Crippen LogP contribution in [0.25, 0.3) is 25.7 Å². The molecule has 0 saturated heterocycles. The normalized spacial score (nSPS) is 9.56. The van der Waals surface area contributed by atoms with E-state index in [0.29, 0.717) is 6.54 Å². The van der Waals surface area contributed by atoms with Gasteiger partial charge in [-0.2, -0.15) is 0 Å². The van der Waals surface area contributed by atoms with E-state index in [1.165, 1.54) is 11.3 Å². The summed E-state index contributed by atoms with van der Waals surface area (Å²) in [5, 5.41) is 19.2. The van der Waals surface area contributed by atoms with E-state index in [4.69, 9.17) is 12.3 Å². The molecule has 0 fully saturated rings. The predicted octanol–water partition coefficient (Wildman–Crippen LogP) is 1.59. The number of aryl methyl sites for hydroxylation is 2. The van der Waals surface area contributed by atoms with E-state index in [1.807, 2.05) is 32.0 Å². The van der Waals surface area contributed by atoms with Crippen molar-refractivity contribution in [3.05, 3.63) is 75.8 Å². The minimum absolute atomic E-state index is 0. The zero-order chi connectivity index (χ0) is 21.7. The van der Waals surface area contributed by atoms with Crippen molar-refractivity contribution in [2.24, 2.45) is 5.73 Å². The second kappa shape index (κ2) is 12.8. The number of nitrogens with two attached hydrogens (primary N) is 1. The molecule has 0 radical (unpaired) electrons. The molecule has 0 aliphatic rings. The molecule has 32 heavy (non-hydrogen) atoms. The summed E-state index contributed by atoms with van der Waals surface area (Å²) in [6.45, 7) is 11.1. The largest absolute Gasteiger partial charge is 1.00 e. The van der Waals surface area contributed by atoms with Crippen LogP contribution in [0.2, 0.25) is 0 Å². The molecule has 4 aromatic rings. The smallest absolute Gasteiger partial charge is 1.00 e. The van der Waals surface area contributed by atoms with Crippen molar-refractivity contribution < 1.29 is 30.5 Å². The molecule has 6 nitrogen and oxygen atoms in total. The van der Waals surface area contributed by atoms with Gasteiger partial charge in [0.1, 0.15) is 11.5 Å². The molecule has 160 valence electrons. The van der Waals surface area contributed by atoms with Crippen molar-refractivity contribution in [1.29, 1.82) is 0 Å². The Hall–Kier alpha value is -2.12. The van der Waals surface area contributed by atoms with Gasteiger partial charge in [-0.1, -0.05) is 24.3 Å². The monoisotopic (exact) mass is 474 g/mol. The Bertz CT molecular complexity index is 1230. The van der Waals surface area contributed by atoms with E-state index in [-0.39, 0.29) is 54.8 Å². The van der Waals surface area contributed by atoms with E-state index in [2.05, 4.69) is 14.8 Å². The summed E-state index contributed by atoms with van der Waals surface area (Å²) in [5.74, 6) is 0.276. The molecule has 0 bridgehead atoms. The van der Waals surface area contributed by atoms with Crippen molar-refractivity contribution >= 4 is 45.7 Å². The van der Waals surface area contributed by atoms with Crippen LogP contribution in [-0.4, -0.2) is 37.5 Å². The fourth-order valence-corrected chi connectivity index (χ4v) is 4.40. The fraction of sp³-hybridized carbons (Fsp3) is 0.136. The van der Waals surface area contributed by atoms with Crippen LogP contribution in [0, 0.1) is 20.4 Å². The number of benzene rings is 2. The summed E-state index contributed by atoms with van der Waals surface area (Å²) in [4.78, 5) is 13.6. The molecule has 0 saturated carbocycles. The summed E-state index contributed by atoms with van der Waals surface area (Å²) in [6.07, 6.45) is 0. The number of aromatic nitrogens is 2. The molecule has 0 spiro atoms. The molecule has 0 amide bonds. The van der Waals surface area contributed by atoms with Gasteiger partial charge in [0.2, 0.25) is 5.69 Å². The molecule has 0 aliphatic carbocycles. The van der Waals surface area contributed by atoms with Gasteiger partial charge in [-0.15, -0.1) is 22.7 Å². The second-order valence-corrected chi connectivity index (χ2v) is 8.11. The first-order valence-corrected chi connectivity index (χ1v) is 10.7. The van der Waals surface area contributed by atoms with Gasteiger partial charge in [0.25, 0.3) is 0 Å². The van der Waals surface area contributed by atoms with Gasteiger partial charge < -0.3 is 17.4 Å². The third kappa shape index (κ3) is 6.45. The third-order valence-electron chi connectivity index (χ3n) is 4.42. The number of phenols is 2. The Labute approximate surface area is 219 Å². The Morgan fingerprint density at radius 3 is 1.81 bits per heavy atom. The van der Waals surface area contributed by atoms with Gasteiger partial charge in [0.05, 0.1) is 38.7 Å². The Morgan fingerprint density at radius 2 is 1.44 bits per heavy atom. The SMILES string of the molecule is Cc1ncsc1-c1ccc(CN)c(O)c1.[AlH3].[C-]#[N+]c1ccc(-c2scnc2C)cc1O.[H-].[Li+]. The zero-order valence-electron chi connectivity index (χ0n) is 18.5. The van der Waals surface area contributed by atoms with Crippen LogP contribution >= 0.6 is 22.7 Å². The van der Waals surface area contributed by atoms with Crippen molar-refractivity contribution in [2.45, 2.75) is 20.4 Å². The molecule has 0 unspecified atom stereocenters. The molecular formula is C22H24AlLiN4O2S2. The Balaban J connectivity index is 0.000000569. The van der Waals surface area contributed by atoms with Gasteiger partial charge in [0, 0.05) is 12.1 Å². The van der Waals surface area contributed by atoms with Crippen LogP contribution < -0.4 is 24.6 Å². The van der Waals surface area contributed by atoms with Crippen molar-refractivity contribution in [3.8, 4) is 32.4 Å². The first kappa shape index (κ1) is 27.9. The van der Waals surface area contributed by atoms with Crippen LogP contribution in [0.15, 0.2) is 47.4 Å². The number of hydrogen-bond acceptors (Lipinski definition) is 7. The molecule has 2 aromatic carbocycles. The third-order valence-corrected chi connectivity index (χ3v) is 6.37. The fourth-order valence-electron chi connectivity index (χ4n) is 2.79. The molecule has 4 N–H and O–H groups in total. The van der Waals surface area contributed by atoms with Crippen LogP contribution in [0.5, 0.6) is 11.5 Å². The molecule has 0 atom stereocenters. The van der Waals surface area contributed by atoms with Gasteiger partial charge in [-0.25, -0.2) is 14.8 Å². The summed E-state index contributed by atoms with van der Waals surface area (Å²) in [7, 11) is 0. The number of hydrogen-bond donors (Lipinski definition) is 3. The van der Waals surface area contributed by atoms with Gasteiger partial charge in [-0.3, -0.25) is 0 Å². The summed E-state index contributed by atoms with van der Waals surface area (Å²) >= 11 is 3.10. The number of nitrogens with zero attached hydrogens (tertiary/aromatic N) is 3. The maximum absolute atomic E-state index is 9.69. The van der Waals surface area contributed by atoms with Crippen molar-refractivity contribution in [1.82, 2.24) is 9.97 Å². The standard InChI is InChI=1S/C11H8N2OS.C11H12N2OS.Al.Li.4H/c1-7-11(15-6-13-7)8-3-4-9(12-2)10(14)5-8;1-7-11(15-6-13-7)8-2-3-9(5-12)10(14)4-8;;;;;;/h3-6,14H,1H3;2-4,6,14H,5,12H2,1H3;;;;;;/q;;;+1;;;;-1. The van der Waals surface area contributed by atoms with Crippen LogP contribution in [0.3, 0.4) is 0 Å². The van der Waals surface area contributed by atoms with Crippen LogP contribution in [-0.2, 0) is 6.54 Å². The quantitative estimate of drug-likeness (QED) is 0.310. The number of aromatic hydroxyl groups is 2. The first-order chi connectivity index (χ1) is 14.4. The molecule has 4 rings (SSSR count). The Morgan fingerprint density at radius 1 is 0.938 bits per heavy atom. The summed E-state index contributed by atoms with van der Waals surface area (Å²) in [6, 6.07) is 10.6. The minimum atomic E-state index is 0. The average Bonchev–Trinajstić information content (AvgIpc) is 3.36. The van der Waals surface area contributed by atoms with E-state index < -0.39 is 0 Å². The Kier molecular flexibility index (Phi) is 11.2. The minimum Gasteiger partial charge on any atom is -1.00 e. The maximum Gasteiger partial charge on any atom is 1.00 e. The second-order valence-electron chi connectivity index (χ2n) is 6.40. The predicted molar refractivity (Wildman–Crippen MR) is 133 cm³/mol. The van der Waals surface area contributed by atoms with Crippen LogP contribution in [0.4, 0.5) is 5.69 Å². The van der Waals surface area contributed by atoms with Crippen molar-refractivity contribution in [3.63, 3.8) is 0 Å². The topological polar surface area (TPSA) is 96.6 Å². The molecule has 0 aliphatic heterocycles. The van der Waals surface area contributed by atoms with E-state index in [1.54, 1.807) is 40.6 Å². The van der Waals surface area contributed by atoms with Gasteiger partial charge in [-0.05, 0) is 37.1 Å². The molecule has 2 aromatic heterocycles. The molecule has 10 heteroatoms. The molecule has 2 heterocycles. The van der Waals surface area contributed by atoms with E-state index in [9.17, 15) is 10.2 Å². The summed E-state index contributed by atoms with van der Waals surface area (Å²) in [5.41, 5.74) is 13.9. The van der Waals surface area contributed by atoms with Gasteiger partial charge in [0.15, 0.2) is 17.4 Å². The number of phenolic OH excluding ortho intramolecular Hbond substituents is 2. The van der Waals surface area contributed by atoms with Crippen LogP contribution in [0.1, 0.15) is 18.4 Å². The first-order valence-electron chi connectivity index (χ1n) is 8.98.